The van der Waals surface area contributed by atoms with Crippen LogP contribution in [0.2, 0.25) is 0 Å². The molecule has 7 nitrogen and oxygen atoms in total. The van der Waals surface area contributed by atoms with Crippen LogP contribution in [-0.4, -0.2) is 78.4 Å². The van der Waals surface area contributed by atoms with Gasteiger partial charge in [-0.1, -0.05) is 13.3 Å². The number of carbonyl (C=O) groups excluding carboxylic acids is 1. The van der Waals surface area contributed by atoms with Crippen molar-refractivity contribution >= 4 is 34.1 Å². The van der Waals surface area contributed by atoms with Crippen LogP contribution in [0.4, 0.5) is 0 Å². The van der Waals surface area contributed by atoms with E-state index in [1.54, 1.807) is 9.80 Å². The molecular weight excluding hydrogens is 356 g/mol. The van der Waals surface area contributed by atoms with Gasteiger partial charge in [-0.25, -0.2) is 8.42 Å². The van der Waals surface area contributed by atoms with E-state index in [9.17, 15) is 23.1 Å². The minimum absolute atomic E-state index is 0. The Bertz CT molecular complexity index is 554. The summed E-state index contributed by atoms with van der Waals surface area (Å²) in [6.07, 6.45) is 3.57. The summed E-state index contributed by atoms with van der Waals surface area (Å²) in [4.78, 5) is 27.3. The number of hydrogen-bond acceptors (Lipinski definition) is 5. The Morgan fingerprint density at radius 3 is 2.54 bits per heavy atom. The van der Waals surface area contributed by atoms with Gasteiger partial charge in [0, 0.05) is 12.6 Å². The molecule has 1 amide bonds. The van der Waals surface area contributed by atoms with Crippen LogP contribution in [0.25, 0.3) is 0 Å². The average molecular weight is 383 g/mol. The standard InChI is InChI=1S/C15H26N2O5S.ClH/c1-2-3-8-17(12-6-9-23(21,22)11-12)14(18)10-16-7-4-5-13(16)15(19)20;/h12-13H,2-11H2,1H3,(H,19,20);1H/t12?,13-;/m0./s1. The van der Waals surface area contributed by atoms with Crippen molar-refractivity contribution in [1.82, 2.24) is 9.80 Å². The van der Waals surface area contributed by atoms with Gasteiger partial charge in [0.05, 0.1) is 18.1 Å². The average Bonchev–Trinajstić information content (AvgIpc) is 3.06. The maximum absolute atomic E-state index is 12.7. The summed E-state index contributed by atoms with van der Waals surface area (Å²) in [5.74, 6) is -0.868. The van der Waals surface area contributed by atoms with Crippen molar-refractivity contribution < 1.29 is 23.1 Å². The van der Waals surface area contributed by atoms with E-state index in [1.807, 2.05) is 6.92 Å². The van der Waals surface area contributed by atoms with Gasteiger partial charge in [-0.05, 0) is 32.2 Å². The van der Waals surface area contributed by atoms with Crippen molar-refractivity contribution in [3.8, 4) is 0 Å². The maximum atomic E-state index is 12.7. The predicted octanol–water partition coefficient (Wildman–Crippen LogP) is 0.773. The Balaban J connectivity index is 0.00000288. The van der Waals surface area contributed by atoms with Crippen molar-refractivity contribution in [2.24, 2.45) is 0 Å². The Hall–Kier alpha value is -0.860. The molecule has 0 aromatic rings. The van der Waals surface area contributed by atoms with E-state index >= 15 is 0 Å². The van der Waals surface area contributed by atoms with Gasteiger partial charge in [-0.15, -0.1) is 12.4 Å². The molecule has 140 valence electrons. The quantitative estimate of drug-likeness (QED) is 0.698. The third-order valence-electron chi connectivity index (χ3n) is 4.71. The lowest BCUT2D eigenvalue weighted by Crippen LogP contribution is -2.48. The molecule has 2 aliphatic rings. The van der Waals surface area contributed by atoms with E-state index in [0.717, 1.165) is 19.3 Å². The lowest BCUT2D eigenvalue weighted by atomic mass is 10.2. The van der Waals surface area contributed by atoms with Gasteiger partial charge >= 0.3 is 5.97 Å². The number of sulfone groups is 1. The molecule has 0 saturated carbocycles. The van der Waals surface area contributed by atoms with Crippen LogP contribution in [0.5, 0.6) is 0 Å². The highest BCUT2D eigenvalue weighted by molar-refractivity contribution is 7.91. The largest absolute Gasteiger partial charge is 0.480 e. The molecule has 2 rings (SSSR count). The van der Waals surface area contributed by atoms with Crippen LogP contribution < -0.4 is 0 Å². The van der Waals surface area contributed by atoms with E-state index in [1.165, 1.54) is 0 Å². The summed E-state index contributed by atoms with van der Waals surface area (Å²) in [5.41, 5.74) is 0. The molecular formula is C15H27ClN2O5S. The van der Waals surface area contributed by atoms with Crippen LogP contribution in [0.1, 0.15) is 39.0 Å². The van der Waals surface area contributed by atoms with Gasteiger partial charge in [-0.2, -0.15) is 0 Å². The van der Waals surface area contributed by atoms with E-state index < -0.39 is 21.8 Å². The van der Waals surface area contributed by atoms with Crippen molar-refractivity contribution in [1.29, 1.82) is 0 Å². The zero-order chi connectivity index (χ0) is 17.0. The van der Waals surface area contributed by atoms with Crippen molar-refractivity contribution in [3.63, 3.8) is 0 Å². The lowest BCUT2D eigenvalue weighted by molar-refractivity contribution is -0.143. The fraction of sp³-hybridized carbons (Fsp3) is 0.867. The second kappa shape index (κ2) is 9.01. The summed E-state index contributed by atoms with van der Waals surface area (Å²) < 4.78 is 23.4. The van der Waals surface area contributed by atoms with Crippen LogP contribution in [0, 0.1) is 0 Å². The molecule has 2 fully saturated rings. The Morgan fingerprint density at radius 2 is 2.00 bits per heavy atom. The SMILES string of the molecule is CCCCN(C(=O)CN1CCC[C@H]1C(=O)O)C1CCS(=O)(=O)C1.Cl. The second-order valence-electron chi connectivity index (χ2n) is 6.46. The number of carboxylic acid groups (broad SMARTS) is 1. The van der Waals surface area contributed by atoms with Crippen LogP contribution in [-0.2, 0) is 19.4 Å². The predicted molar refractivity (Wildman–Crippen MR) is 93.2 cm³/mol. The number of amides is 1. The first-order valence-corrected chi connectivity index (χ1v) is 10.1. The van der Waals surface area contributed by atoms with Crippen molar-refractivity contribution in [2.45, 2.75) is 51.1 Å². The third-order valence-corrected chi connectivity index (χ3v) is 6.46. The van der Waals surface area contributed by atoms with Crippen LogP contribution in [0.3, 0.4) is 0 Å². The molecule has 0 aromatic heterocycles. The zero-order valence-corrected chi connectivity index (χ0v) is 15.6. The molecule has 0 radical (unpaired) electrons. The molecule has 0 aromatic carbocycles. The Labute approximate surface area is 149 Å². The van der Waals surface area contributed by atoms with E-state index in [0.29, 0.717) is 25.9 Å². The number of carbonyl (C=O) groups is 2. The van der Waals surface area contributed by atoms with Gasteiger partial charge in [0.25, 0.3) is 0 Å². The molecule has 2 aliphatic heterocycles. The monoisotopic (exact) mass is 382 g/mol. The molecule has 0 spiro atoms. The number of nitrogens with zero attached hydrogens (tertiary/aromatic N) is 2. The first kappa shape index (κ1) is 21.2. The summed E-state index contributed by atoms with van der Waals surface area (Å²) >= 11 is 0. The zero-order valence-electron chi connectivity index (χ0n) is 14.0. The molecule has 2 atom stereocenters. The number of halogens is 1. The number of aliphatic carboxylic acids is 1. The normalized spacial score (nSPS) is 26.0. The molecule has 1 N–H and O–H groups in total. The van der Waals surface area contributed by atoms with Gasteiger partial charge in [-0.3, -0.25) is 14.5 Å². The number of hydrogen-bond donors (Lipinski definition) is 1. The van der Waals surface area contributed by atoms with Crippen LogP contribution in [0.15, 0.2) is 0 Å². The molecule has 1 unspecified atom stereocenters. The third kappa shape index (κ3) is 5.32. The van der Waals surface area contributed by atoms with E-state index in [4.69, 9.17) is 0 Å². The number of rotatable bonds is 7. The summed E-state index contributed by atoms with van der Waals surface area (Å²) in [6, 6.07) is -0.857. The van der Waals surface area contributed by atoms with Gasteiger partial charge < -0.3 is 10.0 Å². The van der Waals surface area contributed by atoms with Crippen molar-refractivity contribution in [3.05, 3.63) is 0 Å². The van der Waals surface area contributed by atoms with Gasteiger partial charge in [0.1, 0.15) is 6.04 Å². The summed E-state index contributed by atoms with van der Waals surface area (Å²) in [7, 11) is -3.05. The fourth-order valence-corrected chi connectivity index (χ4v) is 5.15. The molecule has 0 aliphatic carbocycles. The Kier molecular flexibility index (Phi) is 7.95. The highest BCUT2D eigenvalue weighted by atomic mass is 35.5. The highest BCUT2D eigenvalue weighted by Crippen LogP contribution is 2.21. The number of unbranched alkanes of at least 4 members (excludes halogenated alkanes) is 1. The minimum atomic E-state index is -3.05. The van der Waals surface area contributed by atoms with E-state index in [2.05, 4.69) is 0 Å². The van der Waals surface area contributed by atoms with Crippen LogP contribution >= 0.6 is 12.4 Å². The molecule has 0 bridgehead atoms. The smallest absolute Gasteiger partial charge is 0.320 e. The first-order chi connectivity index (χ1) is 10.8. The van der Waals surface area contributed by atoms with Crippen molar-refractivity contribution in [2.75, 3.05) is 31.1 Å². The van der Waals surface area contributed by atoms with Gasteiger partial charge in [0.15, 0.2) is 9.84 Å². The number of likely N-dealkylation sites (tertiary alicyclic amines) is 1. The Morgan fingerprint density at radius 1 is 1.29 bits per heavy atom. The lowest BCUT2D eigenvalue weighted by Gasteiger charge is -2.31. The fourth-order valence-electron chi connectivity index (χ4n) is 3.42. The van der Waals surface area contributed by atoms with Gasteiger partial charge in [0.2, 0.25) is 5.91 Å². The first-order valence-electron chi connectivity index (χ1n) is 8.31. The number of carboxylic acids is 1. The molecule has 24 heavy (non-hydrogen) atoms. The molecule has 2 saturated heterocycles. The minimum Gasteiger partial charge on any atom is -0.480 e. The highest BCUT2D eigenvalue weighted by Gasteiger charge is 2.37. The maximum Gasteiger partial charge on any atom is 0.320 e. The topological polar surface area (TPSA) is 95.0 Å². The molecule has 2 heterocycles. The molecule has 9 heteroatoms. The second-order valence-corrected chi connectivity index (χ2v) is 8.69. The summed E-state index contributed by atoms with van der Waals surface area (Å²) in [5, 5.41) is 9.21. The summed E-state index contributed by atoms with van der Waals surface area (Å²) in [6.45, 7) is 3.24. The van der Waals surface area contributed by atoms with E-state index in [-0.39, 0.29) is 42.4 Å².